The normalized spacial score (nSPS) is 31.9. The second kappa shape index (κ2) is 8.03. The summed E-state index contributed by atoms with van der Waals surface area (Å²) in [5.41, 5.74) is -0.858. The molecule has 0 aromatic carbocycles. The Balaban J connectivity index is 1.36. The van der Waals surface area contributed by atoms with Crippen molar-refractivity contribution in [3.8, 4) is 0 Å². The van der Waals surface area contributed by atoms with Crippen molar-refractivity contribution in [2.24, 2.45) is 11.8 Å². The number of hydrogen-bond donors (Lipinski definition) is 2. The van der Waals surface area contributed by atoms with E-state index in [4.69, 9.17) is 9.26 Å². The Bertz CT molecular complexity index is 952. The van der Waals surface area contributed by atoms with Crippen LogP contribution in [0.15, 0.2) is 22.7 Å². The van der Waals surface area contributed by atoms with Crippen LogP contribution in [0.5, 0.6) is 0 Å². The molecule has 1 aromatic rings. The highest BCUT2D eigenvalue weighted by molar-refractivity contribution is 6.00. The van der Waals surface area contributed by atoms with Crippen molar-refractivity contribution in [2.45, 2.75) is 76.2 Å². The van der Waals surface area contributed by atoms with Gasteiger partial charge < -0.3 is 24.8 Å². The molecule has 4 aliphatic rings. The van der Waals surface area contributed by atoms with Crippen molar-refractivity contribution >= 4 is 23.5 Å². The first-order valence-electron chi connectivity index (χ1n) is 11.6. The number of fused-ring (bicyclic) bond motifs is 1. The molecule has 2 N–H and O–H groups in total. The Morgan fingerprint density at radius 1 is 1.34 bits per heavy atom. The lowest BCUT2D eigenvalue weighted by Gasteiger charge is -2.30. The number of anilines is 1. The van der Waals surface area contributed by atoms with Crippen LogP contribution in [-0.2, 0) is 19.1 Å². The fourth-order valence-electron chi connectivity index (χ4n) is 5.80. The minimum absolute atomic E-state index is 0.0962. The summed E-state index contributed by atoms with van der Waals surface area (Å²) >= 11 is 0. The zero-order valence-electron chi connectivity index (χ0n) is 18.5. The maximum Gasteiger partial charge on any atom is 0.243 e. The SMILES string of the molecule is CCC[C@H](C(=O)NC1CCCC1)N1C[C@@]23C=C[C@@H](O2)[C@@H](C(=O)Nc2cc(C)on2)[C@@H]3C1=O. The predicted molar refractivity (Wildman–Crippen MR) is 114 cm³/mol. The van der Waals surface area contributed by atoms with Crippen LogP contribution >= 0.6 is 0 Å². The fraction of sp³-hybridized carbons (Fsp3) is 0.652. The van der Waals surface area contributed by atoms with Crippen LogP contribution in [0.2, 0.25) is 0 Å². The maximum absolute atomic E-state index is 13.6. The van der Waals surface area contributed by atoms with Crippen LogP contribution in [0.3, 0.4) is 0 Å². The second-order valence-electron chi connectivity index (χ2n) is 9.47. The lowest BCUT2D eigenvalue weighted by atomic mass is 9.77. The number of ether oxygens (including phenoxy) is 1. The summed E-state index contributed by atoms with van der Waals surface area (Å²) in [6.45, 7) is 4.04. The number of likely N-dealkylation sites (tertiary alicyclic amines) is 1. The van der Waals surface area contributed by atoms with Gasteiger partial charge in [0.05, 0.1) is 24.5 Å². The number of carbonyl (C=O) groups is 3. The van der Waals surface area contributed by atoms with Crippen molar-refractivity contribution in [1.29, 1.82) is 0 Å². The van der Waals surface area contributed by atoms with Crippen LogP contribution in [0, 0.1) is 18.8 Å². The van der Waals surface area contributed by atoms with Gasteiger partial charge in [0.25, 0.3) is 0 Å². The third-order valence-electron chi connectivity index (χ3n) is 7.25. The smallest absolute Gasteiger partial charge is 0.243 e. The molecule has 1 aliphatic carbocycles. The van der Waals surface area contributed by atoms with Gasteiger partial charge >= 0.3 is 0 Å². The number of amides is 3. The van der Waals surface area contributed by atoms with Gasteiger partial charge in [-0.2, -0.15) is 0 Å². The van der Waals surface area contributed by atoms with Gasteiger partial charge in [0.1, 0.15) is 17.4 Å². The van der Waals surface area contributed by atoms with E-state index in [2.05, 4.69) is 15.8 Å². The molecule has 32 heavy (non-hydrogen) atoms. The van der Waals surface area contributed by atoms with Gasteiger partial charge in [0.2, 0.25) is 17.7 Å². The molecular formula is C23H30N4O5. The molecule has 5 atom stereocenters. The molecule has 1 aromatic heterocycles. The van der Waals surface area contributed by atoms with E-state index in [1.807, 2.05) is 19.1 Å². The van der Waals surface area contributed by atoms with E-state index >= 15 is 0 Å². The van der Waals surface area contributed by atoms with E-state index in [-0.39, 0.29) is 23.8 Å². The highest BCUT2D eigenvalue weighted by atomic mass is 16.5. The minimum atomic E-state index is -0.858. The summed E-state index contributed by atoms with van der Waals surface area (Å²) in [5.74, 6) is -1.03. The lowest BCUT2D eigenvalue weighted by molar-refractivity contribution is -0.142. The van der Waals surface area contributed by atoms with Gasteiger partial charge in [0.15, 0.2) is 5.82 Å². The topological polar surface area (TPSA) is 114 Å². The number of carbonyl (C=O) groups excluding carboxylic acids is 3. The van der Waals surface area contributed by atoms with Crippen LogP contribution in [0.25, 0.3) is 0 Å². The lowest BCUT2D eigenvalue weighted by Crippen LogP contribution is -2.51. The van der Waals surface area contributed by atoms with E-state index in [0.717, 1.165) is 32.1 Å². The Kier molecular flexibility index (Phi) is 5.31. The third-order valence-corrected chi connectivity index (χ3v) is 7.25. The first-order chi connectivity index (χ1) is 15.4. The summed E-state index contributed by atoms with van der Waals surface area (Å²) < 4.78 is 11.2. The van der Waals surface area contributed by atoms with Crippen molar-refractivity contribution < 1.29 is 23.6 Å². The quantitative estimate of drug-likeness (QED) is 0.624. The summed E-state index contributed by atoms with van der Waals surface area (Å²) in [4.78, 5) is 41.5. The molecule has 2 saturated heterocycles. The molecular weight excluding hydrogens is 412 g/mol. The minimum Gasteiger partial charge on any atom is -0.360 e. The summed E-state index contributed by atoms with van der Waals surface area (Å²) in [6.07, 6.45) is 8.88. The van der Waals surface area contributed by atoms with Gasteiger partial charge in [-0.15, -0.1) is 0 Å². The molecule has 1 spiro atoms. The van der Waals surface area contributed by atoms with Crippen molar-refractivity contribution in [1.82, 2.24) is 15.4 Å². The molecule has 0 unspecified atom stereocenters. The molecule has 5 rings (SSSR count). The van der Waals surface area contributed by atoms with Gasteiger partial charge in [-0.05, 0) is 26.2 Å². The predicted octanol–water partition coefficient (Wildman–Crippen LogP) is 1.93. The van der Waals surface area contributed by atoms with E-state index in [1.165, 1.54) is 0 Å². The van der Waals surface area contributed by atoms with Gasteiger partial charge in [0, 0.05) is 12.1 Å². The first kappa shape index (κ1) is 21.2. The zero-order chi connectivity index (χ0) is 22.5. The van der Waals surface area contributed by atoms with Crippen LogP contribution in [-0.4, -0.2) is 58.1 Å². The zero-order valence-corrected chi connectivity index (χ0v) is 18.5. The molecule has 3 aliphatic heterocycles. The van der Waals surface area contributed by atoms with Crippen LogP contribution in [0.4, 0.5) is 5.82 Å². The maximum atomic E-state index is 13.6. The Labute approximate surface area is 186 Å². The number of nitrogens with zero attached hydrogens (tertiary/aromatic N) is 2. The first-order valence-corrected chi connectivity index (χ1v) is 11.6. The molecule has 2 bridgehead atoms. The van der Waals surface area contributed by atoms with E-state index in [0.29, 0.717) is 24.5 Å². The Morgan fingerprint density at radius 3 is 2.81 bits per heavy atom. The van der Waals surface area contributed by atoms with Gasteiger partial charge in [-0.3, -0.25) is 14.4 Å². The summed E-state index contributed by atoms with van der Waals surface area (Å²) in [6, 6.07) is 1.27. The molecule has 172 valence electrons. The fourth-order valence-corrected chi connectivity index (χ4v) is 5.80. The van der Waals surface area contributed by atoms with Gasteiger partial charge in [-0.1, -0.05) is 43.5 Å². The van der Waals surface area contributed by atoms with E-state index in [9.17, 15) is 14.4 Å². The second-order valence-corrected chi connectivity index (χ2v) is 9.47. The van der Waals surface area contributed by atoms with Crippen molar-refractivity contribution in [3.63, 3.8) is 0 Å². The Hall–Kier alpha value is -2.68. The highest BCUT2D eigenvalue weighted by Crippen LogP contribution is 2.52. The summed E-state index contributed by atoms with van der Waals surface area (Å²) in [5, 5.41) is 9.72. The third kappa shape index (κ3) is 3.43. The monoisotopic (exact) mass is 442 g/mol. The standard InChI is InChI=1S/C23H30N4O5/c1-3-6-15(20(28)24-14-7-4-5-8-14)27-12-23-10-9-16(31-23)18(19(23)22(27)30)21(29)25-17-11-13(2)32-26-17/h9-11,14-16,18-19H,3-8,12H2,1-2H3,(H,24,28)(H,25,26,29)/t15-,16-,18-,19-,23-/m1/s1. The Morgan fingerprint density at radius 2 is 2.12 bits per heavy atom. The average molecular weight is 443 g/mol. The number of aryl methyl sites for hydroxylation is 1. The molecule has 9 nitrogen and oxygen atoms in total. The highest BCUT2D eigenvalue weighted by Gasteiger charge is 2.67. The number of rotatable bonds is 7. The van der Waals surface area contributed by atoms with E-state index in [1.54, 1.807) is 17.9 Å². The van der Waals surface area contributed by atoms with Crippen LogP contribution in [0.1, 0.15) is 51.2 Å². The van der Waals surface area contributed by atoms with Gasteiger partial charge in [-0.25, -0.2) is 0 Å². The van der Waals surface area contributed by atoms with Crippen molar-refractivity contribution in [2.75, 3.05) is 11.9 Å². The summed E-state index contributed by atoms with van der Waals surface area (Å²) in [7, 11) is 0. The largest absolute Gasteiger partial charge is 0.360 e. The number of nitrogens with one attached hydrogen (secondary N) is 2. The molecule has 9 heteroatoms. The molecule has 0 radical (unpaired) electrons. The van der Waals surface area contributed by atoms with Crippen LogP contribution < -0.4 is 10.6 Å². The number of hydrogen-bond acceptors (Lipinski definition) is 6. The molecule has 4 heterocycles. The molecule has 3 amide bonds. The number of aromatic nitrogens is 1. The van der Waals surface area contributed by atoms with Crippen molar-refractivity contribution in [3.05, 3.63) is 24.0 Å². The van der Waals surface area contributed by atoms with E-state index < -0.39 is 29.6 Å². The average Bonchev–Trinajstić information content (AvgIpc) is 3.56. The molecule has 1 saturated carbocycles. The molecule has 3 fully saturated rings.